The molecule has 0 aromatic heterocycles. The van der Waals surface area contributed by atoms with Gasteiger partial charge in [0.2, 0.25) is 12.1 Å². The van der Waals surface area contributed by atoms with Gasteiger partial charge >= 0.3 is 11.8 Å². The lowest BCUT2D eigenvalue weighted by atomic mass is 9.91. The van der Waals surface area contributed by atoms with Crippen molar-refractivity contribution in [1.29, 1.82) is 0 Å². The molecule has 140 valence electrons. The Morgan fingerprint density at radius 1 is 1.32 bits per heavy atom. The first-order chi connectivity index (χ1) is 11.6. The van der Waals surface area contributed by atoms with E-state index in [1.807, 2.05) is 6.92 Å². The number of likely N-dealkylation sites (tertiary alicyclic amines) is 1. The Bertz CT molecular complexity index is 605. The van der Waals surface area contributed by atoms with E-state index >= 15 is 0 Å². The van der Waals surface area contributed by atoms with Crippen LogP contribution in [0.4, 0.5) is 0 Å². The van der Waals surface area contributed by atoms with Gasteiger partial charge in [-0.25, -0.2) is 0 Å². The van der Waals surface area contributed by atoms with Gasteiger partial charge in [0.1, 0.15) is 6.10 Å². The van der Waals surface area contributed by atoms with Gasteiger partial charge in [-0.2, -0.15) is 0 Å². The number of fused-ring (bicyclic) bond motifs is 1. The fraction of sp³-hybridized carbons (Fsp3) is 0.750. The van der Waals surface area contributed by atoms with Crippen LogP contribution in [0.15, 0.2) is 11.5 Å². The molecule has 9 nitrogen and oxygen atoms in total. The number of ether oxygens (including phenoxy) is 3. The number of aliphatic hydroxyl groups is 1. The Labute approximate surface area is 146 Å². The molecule has 0 bridgehead atoms. The van der Waals surface area contributed by atoms with E-state index in [1.54, 1.807) is 13.8 Å². The lowest BCUT2D eigenvalue weighted by Crippen LogP contribution is -2.53. The van der Waals surface area contributed by atoms with Crippen LogP contribution >= 0.6 is 0 Å². The van der Waals surface area contributed by atoms with Gasteiger partial charge < -0.3 is 35.3 Å². The third-order valence-corrected chi connectivity index (χ3v) is 4.64. The van der Waals surface area contributed by atoms with E-state index < -0.39 is 30.0 Å². The number of nitrogens with zero attached hydrogens (tertiary/aromatic N) is 1. The summed E-state index contributed by atoms with van der Waals surface area (Å²) < 4.78 is 16.5. The number of nitrogens with two attached hydrogens (primary N) is 1. The van der Waals surface area contributed by atoms with Gasteiger partial charge in [0.25, 0.3) is 0 Å². The minimum atomic E-state index is -0.871. The molecule has 2 fully saturated rings. The van der Waals surface area contributed by atoms with Crippen LogP contribution in [0.25, 0.3) is 0 Å². The molecule has 2 atom stereocenters. The molecule has 3 heterocycles. The quantitative estimate of drug-likeness (QED) is 0.582. The van der Waals surface area contributed by atoms with Gasteiger partial charge in [-0.15, -0.1) is 0 Å². The summed E-state index contributed by atoms with van der Waals surface area (Å²) in [6, 6.07) is 0. The van der Waals surface area contributed by atoms with Gasteiger partial charge in [0.15, 0.2) is 11.5 Å². The number of aliphatic hydroxyl groups excluding tert-OH is 1. The van der Waals surface area contributed by atoms with Crippen LogP contribution in [-0.2, 0) is 23.8 Å². The summed E-state index contributed by atoms with van der Waals surface area (Å²) in [5.74, 6) is -2.12. The second-order valence-corrected chi connectivity index (χ2v) is 7.48. The molecule has 9 heteroatoms. The van der Waals surface area contributed by atoms with Gasteiger partial charge in [-0.1, -0.05) is 0 Å². The molecule has 4 N–H and O–H groups in total. The molecule has 3 aliphatic heterocycles. The number of carbonyl (C=O) groups is 2. The zero-order valence-corrected chi connectivity index (χ0v) is 14.7. The second kappa shape index (κ2) is 6.15. The Morgan fingerprint density at radius 2 is 1.96 bits per heavy atom. The molecule has 3 aliphatic rings. The van der Waals surface area contributed by atoms with Crippen LogP contribution in [0.1, 0.15) is 33.6 Å². The molecule has 0 spiro atoms. The van der Waals surface area contributed by atoms with Crippen LogP contribution < -0.4 is 11.1 Å². The lowest BCUT2D eigenvalue weighted by Gasteiger charge is -2.36. The van der Waals surface area contributed by atoms with Crippen molar-refractivity contribution in [2.45, 2.75) is 57.3 Å². The fourth-order valence-electron chi connectivity index (χ4n) is 3.05. The topological polar surface area (TPSA) is 123 Å². The average Bonchev–Trinajstić information content (AvgIpc) is 2.97. The van der Waals surface area contributed by atoms with E-state index in [4.69, 9.17) is 19.9 Å². The molecule has 0 aliphatic carbocycles. The van der Waals surface area contributed by atoms with Crippen molar-refractivity contribution in [2.75, 3.05) is 19.6 Å². The molecular weight excluding hydrogens is 330 g/mol. The largest absolute Gasteiger partial charge is 0.506 e. The Balaban J connectivity index is 1.50. The van der Waals surface area contributed by atoms with E-state index in [-0.39, 0.29) is 23.6 Å². The second-order valence-electron chi connectivity index (χ2n) is 7.48. The SMILES string of the molecule is CC1(N)CCN(C(=O)C(=O)NCC2OC3OC(C)(C)OC3=C2O)CC1. The van der Waals surface area contributed by atoms with Gasteiger partial charge in [-0.3, -0.25) is 9.59 Å². The molecule has 25 heavy (non-hydrogen) atoms. The number of amides is 2. The summed E-state index contributed by atoms with van der Waals surface area (Å²) in [7, 11) is 0. The zero-order chi connectivity index (χ0) is 18.4. The fourth-order valence-corrected chi connectivity index (χ4v) is 3.05. The molecule has 2 amide bonds. The van der Waals surface area contributed by atoms with Crippen LogP contribution in [0.5, 0.6) is 0 Å². The van der Waals surface area contributed by atoms with Crippen molar-refractivity contribution in [1.82, 2.24) is 10.2 Å². The Morgan fingerprint density at radius 3 is 2.56 bits per heavy atom. The first-order valence-corrected chi connectivity index (χ1v) is 8.39. The van der Waals surface area contributed by atoms with E-state index in [2.05, 4.69) is 5.32 Å². The third kappa shape index (κ3) is 3.73. The van der Waals surface area contributed by atoms with E-state index in [1.165, 1.54) is 4.90 Å². The van der Waals surface area contributed by atoms with Gasteiger partial charge in [-0.05, 0) is 19.8 Å². The van der Waals surface area contributed by atoms with E-state index in [0.717, 1.165) is 0 Å². The van der Waals surface area contributed by atoms with E-state index in [0.29, 0.717) is 25.9 Å². The minimum absolute atomic E-state index is 0.0496. The molecular formula is C16H25N3O6. The number of piperidine rings is 1. The summed E-state index contributed by atoms with van der Waals surface area (Å²) in [4.78, 5) is 25.7. The van der Waals surface area contributed by atoms with Crippen LogP contribution in [0.2, 0.25) is 0 Å². The highest BCUT2D eigenvalue weighted by atomic mass is 16.8. The monoisotopic (exact) mass is 355 g/mol. The summed E-state index contributed by atoms with van der Waals surface area (Å²) in [6.07, 6.45) is -0.299. The summed E-state index contributed by atoms with van der Waals surface area (Å²) in [5.41, 5.74) is 5.73. The number of hydrogen-bond donors (Lipinski definition) is 3. The molecule has 2 unspecified atom stereocenters. The highest BCUT2D eigenvalue weighted by molar-refractivity contribution is 6.35. The highest BCUT2D eigenvalue weighted by Gasteiger charge is 2.48. The van der Waals surface area contributed by atoms with Gasteiger partial charge in [0, 0.05) is 32.5 Å². The van der Waals surface area contributed by atoms with Crippen molar-refractivity contribution >= 4 is 11.8 Å². The highest BCUT2D eigenvalue weighted by Crippen LogP contribution is 2.39. The van der Waals surface area contributed by atoms with Crippen LogP contribution in [0.3, 0.4) is 0 Å². The Kier molecular flexibility index (Phi) is 4.42. The summed E-state index contributed by atoms with van der Waals surface area (Å²) in [6.45, 7) is 6.20. The van der Waals surface area contributed by atoms with Crippen molar-refractivity contribution in [3.63, 3.8) is 0 Å². The van der Waals surface area contributed by atoms with Crippen LogP contribution in [0, 0.1) is 0 Å². The first kappa shape index (κ1) is 18.0. The van der Waals surface area contributed by atoms with E-state index in [9.17, 15) is 14.7 Å². The summed E-state index contributed by atoms with van der Waals surface area (Å²) >= 11 is 0. The van der Waals surface area contributed by atoms with Crippen molar-refractivity contribution in [3.8, 4) is 0 Å². The molecule has 0 saturated carbocycles. The van der Waals surface area contributed by atoms with Crippen molar-refractivity contribution < 1.29 is 28.9 Å². The van der Waals surface area contributed by atoms with Crippen molar-refractivity contribution in [2.24, 2.45) is 5.73 Å². The maximum atomic E-state index is 12.2. The molecule has 0 aromatic carbocycles. The minimum Gasteiger partial charge on any atom is -0.506 e. The molecule has 0 aromatic rings. The molecule has 3 rings (SSSR count). The average molecular weight is 355 g/mol. The maximum Gasteiger partial charge on any atom is 0.311 e. The maximum absolute atomic E-state index is 12.2. The smallest absolute Gasteiger partial charge is 0.311 e. The predicted molar refractivity (Wildman–Crippen MR) is 86.0 cm³/mol. The first-order valence-electron chi connectivity index (χ1n) is 8.39. The Hall–Kier alpha value is -1.84. The van der Waals surface area contributed by atoms with Crippen LogP contribution in [-0.4, -0.2) is 65.2 Å². The third-order valence-electron chi connectivity index (χ3n) is 4.64. The number of hydrogen-bond acceptors (Lipinski definition) is 7. The zero-order valence-electron chi connectivity index (χ0n) is 14.7. The molecule has 2 saturated heterocycles. The molecule has 0 radical (unpaired) electrons. The van der Waals surface area contributed by atoms with Crippen molar-refractivity contribution in [3.05, 3.63) is 11.5 Å². The number of carbonyl (C=O) groups excluding carboxylic acids is 2. The standard InChI is InChI=1S/C16H25N3O6/c1-15(2)24-11-10(20)9(23-14(11)25-15)8-18-12(21)13(22)19-6-4-16(3,17)5-7-19/h9,14,20H,4-8,17H2,1-3H3,(H,18,21). The lowest BCUT2D eigenvalue weighted by molar-refractivity contribution is -0.201. The van der Waals surface area contributed by atoms with Gasteiger partial charge in [0.05, 0.1) is 6.54 Å². The predicted octanol–water partition coefficient (Wildman–Crippen LogP) is -0.280. The normalized spacial score (nSPS) is 30.0. The number of rotatable bonds is 2. The number of nitrogens with one attached hydrogen (secondary N) is 1. The summed E-state index contributed by atoms with van der Waals surface area (Å²) in [5, 5.41) is 12.6.